The fraction of sp³-hybridized carbons (Fsp3) is 0.429. The van der Waals surface area contributed by atoms with Crippen molar-refractivity contribution < 1.29 is 18.7 Å². The van der Waals surface area contributed by atoms with E-state index in [1.165, 1.54) is 13.0 Å². The van der Waals surface area contributed by atoms with E-state index >= 15 is 0 Å². The minimum absolute atomic E-state index is 0.0258. The molecule has 1 fully saturated rings. The normalized spacial score (nSPS) is 15.5. The Balaban J connectivity index is 1.74. The van der Waals surface area contributed by atoms with Gasteiger partial charge in [0.1, 0.15) is 5.82 Å². The topological polar surface area (TPSA) is 55.4 Å². The summed E-state index contributed by atoms with van der Waals surface area (Å²) >= 11 is 1.05. The number of rotatable bonds is 6. The van der Waals surface area contributed by atoms with Gasteiger partial charge in [-0.25, -0.2) is 4.39 Å². The molecule has 1 saturated carbocycles. The van der Waals surface area contributed by atoms with Crippen LogP contribution < -0.4 is 5.32 Å². The van der Waals surface area contributed by atoms with Crippen molar-refractivity contribution in [2.75, 3.05) is 5.75 Å². The third kappa shape index (κ3) is 4.52. The van der Waals surface area contributed by atoms with E-state index in [1.54, 1.807) is 18.2 Å². The first kappa shape index (κ1) is 14.8. The zero-order chi connectivity index (χ0) is 14.5. The van der Waals surface area contributed by atoms with Gasteiger partial charge in [-0.2, -0.15) is 0 Å². The first-order valence-corrected chi connectivity index (χ1v) is 7.42. The Hall–Kier alpha value is -1.56. The maximum atomic E-state index is 13.3. The van der Waals surface area contributed by atoms with Crippen LogP contribution in [0, 0.1) is 5.82 Å². The average Bonchev–Trinajstić information content (AvgIpc) is 3.21. The Kier molecular flexibility index (Phi) is 5.00. The van der Waals surface area contributed by atoms with Gasteiger partial charge in [-0.3, -0.25) is 9.59 Å². The highest BCUT2D eigenvalue weighted by molar-refractivity contribution is 8.00. The Labute approximate surface area is 121 Å². The fourth-order valence-corrected chi connectivity index (χ4v) is 2.25. The van der Waals surface area contributed by atoms with Crippen molar-refractivity contribution in [1.29, 1.82) is 0 Å². The van der Waals surface area contributed by atoms with Gasteiger partial charge in [0, 0.05) is 10.9 Å². The summed E-state index contributed by atoms with van der Waals surface area (Å²) in [5.74, 6) is -1.21. The number of esters is 1. The third-order valence-corrected chi connectivity index (χ3v) is 3.81. The average molecular weight is 297 g/mol. The number of halogens is 1. The highest BCUT2D eigenvalue weighted by Crippen LogP contribution is 2.21. The number of ether oxygens (including phenoxy) is 1. The summed E-state index contributed by atoms with van der Waals surface area (Å²) in [5.41, 5.74) is 0. The minimum atomic E-state index is -0.815. The molecule has 1 amide bonds. The van der Waals surface area contributed by atoms with Crippen LogP contribution in [0.3, 0.4) is 0 Å². The summed E-state index contributed by atoms with van der Waals surface area (Å²) < 4.78 is 18.4. The molecular weight excluding hydrogens is 281 g/mol. The molecule has 108 valence electrons. The summed E-state index contributed by atoms with van der Waals surface area (Å²) in [6, 6.07) is 6.44. The van der Waals surface area contributed by atoms with Gasteiger partial charge in [-0.05, 0) is 31.9 Å². The highest BCUT2D eigenvalue weighted by Gasteiger charge is 2.27. The molecule has 0 saturated heterocycles. The molecular formula is C14H16FNO3S. The van der Waals surface area contributed by atoms with E-state index in [0.29, 0.717) is 4.90 Å². The first-order valence-electron chi connectivity index (χ1n) is 6.43. The quantitative estimate of drug-likeness (QED) is 0.645. The zero-order valence-electron chi connectivity index (χ0n) is 11.1. The SMILES string of the molecule is C[C@H](OC(=O)CSc1ccccc1F)C(=O)NC1CC1. The zero-order valence-corrected chi connectivity index (χ0v) is 11.9. The minimum Gasteiger partial charge on any atom is -0.452 e. The summed E-state index contributed by atoms with van der Waals surface area (Å²) in [6.45, 7) is 1.53. The number of thioether (sulfide) groups is 1. The van der Waals surface area contributed by atoms with E-state index in [1.807, 2.05) is 0 Å². The summed E-state index contributed by atoms with van der Waals surface area (Å²) in [5, 5.41) is 2.76. The Morgan fingerprint density at radius 3 is 2.80 bits per heavy atom. The molecule has 0 unspecified atom stereocenters. The van der Waals surface area contributed by atoms with Crippen molar-refractivity contribution in [2.45, 2.75) is 36.8 Å². The van der Waals surface area contributed by atoms with E-state index in [4.69, 9.17) is 4.74 Å². The molecule has 20 heavy (non-hydrogen) atoms. The van der Waals surface area contributed by atoms with Crippen LogP contribution in [-0.4, -0.2) is 29.8 Å². The number of nitrogens with one attached hydrogen (secondary N) is 1. The molecule has 0 heterocycles. The van der Waals surface area contributed by atoms with Crippen molar-refractivity contribution in [2.24, 2.45) is 0 Å². The van der Waals surface area contributed by atoms with E-state index in [9.17, 15) is 14.0 Å². The van der Waals surface area contributed by atoms with Gasteiger partial charge in [-0.15, -0.1) is 11.8 Å². The Morgan fingerprint density at radius 1 is 1.45 bits per heavy atom. The van der Waals surface area contributed by atoms with E-state index in [-0.39, 0.29) is 23.5 Å². The van der Waals surface area contributed by atoms with Crippen molar-refractivity contribution in [3.63, 3.8) is 0 Å². The monoisotopic (exact) mass is 297 g/mol. The number of carbonyl (C=O) groups is 2. The molecule has 0 spiro atoms. The van der Waals surface area contributed by atoms with Gasteiger partial charge in [-0.1, -0.05) is 12.1 Å². The molecule has 0 bridgehead atoms. The largest absolute Gasteiger partial charge is 0.452 e. The summed E-state index contributed by atoms with van der Waals surface area (Å²) in [6.07, 6.45) is 1.15. The van der Waals surface area contributed by atoms with Crippen molar-refractivity contribution in [3.05, 3.63) is 30.1 Å². The van der Waals surface area contributed by atoms with Crippen LogP contribution in [0.1, 0.15) is 19.8 Å². The predicted octanol–water partition coefficient (Wildman–Crippen LogP) is 2.13. The van der Waals surface area contributed by atoms with Crippen LogP contribution in [0.15, 0.2) is 29.2 Å². The molecule has 1 N–H and O–H groups in total. The van der Waals surface area contributed by atoms with E-state index < -0.39 is 12.1 Å². The number of hydrogen-bond donors (Lipinski definition) is 1. The van der Waals surface area contributed by atoms with Crippen LogP contribution in [-0.2, 0) is 14.3 Å². The number of amides is 1. The molecule has 1 aliphatic carbocycles. The second-order valence-corrected chi connectivity index (χ2v) is 5.65. The van der Waals surface area contributed by atoms with Gasteiger partial charge in [0.05, 0.1) is 5.75 Å². The van der Waals surface area contributed by atoms with Crippen molar-refractivity contribution in [3.8, 4) is 0 Å². The number of carbonyl (C=O) groups excluding carboxylic acids is 2. The molecule has 1 aromatic carbocycles. The van der Waals surface area contributed by atoms with Crippen LogP contribution in [0.5, 0.6) is 0 Å². The molecule has 1 atom stereocenters. The summed E-state index contributed by atoms with van der Waals surface area (Å²) in [7, 11) is 0. The molecule has 6 heteroatoms. The van der Waals surface area contributed by atoms with Crippen molar-refractivity contribution >= 4 is 23.6 Å². The maximum Gasteiger partial charge on any atom is 0.317 e. The molecule has 4 nitrogen and oxygen atoms in total. The lowest BCUT2D eigenvalue weighted by Crippen LogP contribution is -2.37. The smallest absolute Gasteiger partial charge is 0.317 e. The van der Waals surface area contributed by atoms with Crippen LogP contribution in [0.4, 0.5) is 4.39 Å². The van der Waals surface area contributed by atoms with E-state index in [0.717, 1.165) is 24.6 Å². The lowest BCUT2D eigenvalue weighted by molar-refractivity contribution is -0.152. The maximum absolute atomic E-state index is 13.3. The van der Waals surface area contributed by atoms with Gasteiger partial charge >= 0.3 is 5.97 Å². The number of benzene rings is 1. The van der Waals surface area contributed by atoms with Gasteiger partial charge in [0.2, 0.25) is 0 Å². The fourth-order valence-electron chi connectivity index (χ4n) is 1.53. The van der Waals surface area contributed by atoms with Gasteiger partial charge < -0.3 is 10.1 Å². The molecule has 2 rings (SSSR count). The Morgan fingerprint density at radius 2 is 2.15 bits per heavy atom. The molecule has 1 aromatic rings. The highest BCUT2D eigenvalue weighted by atomic mass is 32.2. The first-order chi connectivity index (χ1) is 9.56. The van der Waals surface area contributed by atoms with Crippen LogP contribution in [0.2, 0.25) is 0 Å². The third-order valence-electron chi connectivity index (χ3n) is 2.78. The standard InChI is InChI=1S/C14H16FNO3S/c1-9(14(18)16-10-6-7-10)19-13(17)8-20-12-5-3-2-4-11(12)15/h2-5,9-10H,6-8H2,1H3,(H,16,18)/t9-/m0/s1. The molecule has 1 aliphatic rings. The summed E-state index contributed by atoms with van der Waals surface area (Å²) in [4.78, 5) is 23.6. The number of hydrogen-bond acceptors (Lipinski definition) is 4. The lowest BCUT2D eigenvalue weighted by atomic mass is 10.3. The second kappa shape index (κ2) is 6.74. The van der Waals surface area contributed by atoms with Crippen LogP contribution in [0.25, 0.3) is 0 Å². The molecule has 0 aliphatic heterocycles. The molecule has 0 aromatic heterocycles. The van der Waals surface area contributed by atoms with E-state index in [2.05, 4.69) is 5.32 Å². The lowest BCUT2D eigenvalue weighted by Gasteiger charge is -2.13. The Bertz CT molecular complexity index is 505. The van der Waals surface area contributed by atoms with Gasteiger partial charge in [0.25, 0.3) is 5.91 Å². The van der Waals surface area contributed by atoms with Crippen molar-refractivity contribution in [1.82, 2.24) is 5.32 Å². The predicted molar refractivity (Wildman–Crippen MR) is 73.8 cm³/mol. The second-order valence-electron chi connectivity index (χ2n) is 4.63. The van der Waals surface area contributed by atoms with Crippen LogP contribution >= 0.6 is 11.8 Å². The molecule has 0 radical (unpaired) electrons. The van der Waals surface area contributed by atoms with Gasteiger partial charge in [0.15, 0.2) is 6.10 Å².